The summed E-state index contributed by atoms with van der Waals surface area (Å²) in [6, 6.07) is 18.0. The van der Waals surface area contributed by atoms with Crippen LogP contribution in [0.5, 0.6) is 0 Å². The van der Waals surface area contributed by atoms with Crippen LogP contribution in [0.15, 0.2) is 60.7 Å². The highest BCUT2D eigenvalue weighted by atomic mass is 19.1. The highest BCUT2D eigenvalue weighted by Gasteiger charge is 2.26. The minimum atomic E-state index is -0.291. The predicted octanol–water partition coefficient (Wildman–Crippen LogP) is 4.23. The zero-order valence-corrected chi connectivity index (χ0v) is 14.4. The molecule has 0 radical (unpaired) electrons. The van der Waals surface area contributed by atoms with Gasteiger partial charge in [-0.2, -0.15) is 0 Å². The summed E-state index contributed by atoms with van der Waals surface area (Å²) in [5.41, 5.74) is 1.45. The fourth-order valence-corrected chi connectivity index (χ4v) is 3.42. The van der Waals surface area contributed by atoms with E-state index in [2.05, 4.69) is 15.2 Å². The number of carbonyl (C=O) groups is 1. The lowest BCUT2D eigenvalue weighted by Gasteiger charge is -2.33. The van der Waals surface area contributed by atoms with Crippen molar-refractivity contribution >= 4 is 28.3 Å². The molecule has 1 saturated heterocycles. The standard InChI is InChI=1S/C21H20FN3O/c22-17-10-8-15-9-11-20(24-19(15)13-17)25-12-4-5-16(14-25)21(26)23-18-6-2-1-3-7-18/h1-3,6-11,13,16H,4-5,12,14H2,(H,23,26)/t16-/m1/s1. The SMILES string of the molecule is O=C(Nc1ccccc1)[C@@H]1CCCN(c2ccc3ccc(F)cc3n2)C1. The summed E-state index contributed by atoms with van der Waals surface area (Å²) in [6.07, 6.45) is 1.78. The summed E-state index contributed by atoms with van der Waals surface area (Å²) >= 11 is 0. The van der Waals surface area contributed by atoms with Crippen molar-refractivity contribution in [1.29, 1.82) is 0 Å². The first-order valence-corrected chi connectivity index (χ1v) is 8.86. The molecule has 1 aromatic heterocycles. The Morgan fingerprint density at radius 1 is 1.12 bits per heavy atom. The molecule has 5 heteroatoms. The third kappa shape index (κ3) is 3.52. The molecule has 1 amide bonds. The van der Waals surface area contributed by atoms with Gasteiger partial charge in [0, 0.05) is 30.2 Å². The quantitative estimate of drug-likeness (QED) is 0.770. The number of pyridine rings is 1. The number of hydrogen-bond donors (Lipinski definition) is 1. The second-order valence-electron chi connectivity index (χ2n) is 6.65. The van der Waals surface area contributed by atoms with Crippen LogP contribution in [0.25, 0.3) is 10.9 Å². The fourth-order valence-electron chi connectivity index (χ4n) is 3.42. The number of halogens is 1. The molecule has 2 aromatic carbocycles. The summed E-state index contributed by atoms with van der Waals surface area (Å²) < 4.78 is 13.5. The van der Waals surface area contributed by atoms with Crippen LogP contribution in [0.2, 0.25) is 0 Å². The zero-order chi connectivity index (χ0) is 17.9. The van der Waals surface area contributed by atoms with Gasteiger partial charge in [-0.1, -0.05) is 18.2 Å². The molecule has 3 aromatic rings. The molecule has 1 aliphatic heterocycles. The molecule has 4 rings (SSSR count). The Labute approximate surface area is 151 Å². The number of amides is 1. The number of anilines is 2. The average molecular weight is 349 g/mol. The number of rotatable bonds is 3. The van der Waals surface area contributed by atoms with E-state index >= 15 is 0 Å². The highest BCUT2D eigenvalue weighted by molar-refractivity contribution is 5.93. The van der Waals surface area contributed by atoms with Crippen LogP contribution in [-0.2, 0) is 4.79 Å². The van der Waals surface area contributed by atoms with Crippen LogP contribution >= 0.6 is 0 Å². The molecule has 2 heterocycles. The summed E-state index contributed by atoms with van der Waals surface area (Å²) in [5, 5.41) is 3.89. The summed E-state index contributed by atoms with van der Waals surface area (Å²) in [7, 11) is 0. The Morgan fingerprint density at radius 3 is 2.77 bits per heavy atom. The zero-order valence-electron chi connectivity index (χ0n) is 14.4. The van der Waals surface area contributed by atoms with Gasteiger partial charge >= 0.3 is 0 Å². The molecule has 0 spiro atoms. The average Bonchev–Trinajstić information content (AvgIpc) is 2.68. The number of hydrogen-bond acceptors (Lipinski definition) is 3. The molecule has 132 valence electrons. The van der Waals surface area contributed by atoms with Crippen molar-refractivity contribution in [2.75, 3.05) is 23.3 Å². The third-order valence-electron chi connectivity index (χ3n) is 4.80. The number of aromatic nitrogens is 1. The molecule has 1 fully saturated rings. The van der Waals surface area contributed by atoms with Gasteiger partial charge in [0.2, 0.25) is 5.91 Å². The maximum Gasteiger partial charge on any atom is 0.229 e. The van der Waals surface area contributed by atoms with E-state index in [1.165, 1.54) is 12.1 Å². The lowest BCUT2D eigenvalue weighted by molar-refractivity contribution is -0.120. The Kier molecular flexibility index (Phi) is 4.52. The summed E-state index contributed by atoms with van der Waals surface area (Å²) in [6.45, 7) is 1.47. The van der Waals surface area contributed by atoms with Gasteiger partial charge in [0.05, 0.1) is 11.4 Å². The molecule has 1 atom stereocenters. The molecule has 26 heavy (non-hydrogen) atoms. The Balaban J connectivity index is 1.50. The van der Waals surface area contributed by atoms with Crippen molar-refractivity contribution < 1.29 is 9.18 Å². The van der Waals surface area contributed by atoms with E-state index < -0.39 is 0 Å². The largest absolute Gasteiger partial charge is 0.356 e. The van der Waals surface area contributed by atoms with Crippen LogP contribution in [0.1, 0.15) is 12.8 Å². The number of para-hydroxylation sites is 1. The van der Waals surface area contributed by atoms with E-state index in [1.807, 2.05) is 42.5 Å². The Hall–Kier alpha value is -2.95. The molecular weight excluding hydrogens is 329 g/mol. The van der Waals surface area contributed by atoms with Crippen molar-refractivity contribution in [3.05, 3.63) is 66.5 Å². The van der Waals surface area contributed by atoms with Crippen molar-refractivity contribution in [3.8, 4) is 0 Å². The van der Waals surface area contributed by atoms with Crippen molar-refractivity contribution in [2.24, 2.45) is 5.92 Å². The predicted molar refractivity (Wildman–Crippen MR) is 102 cm³/mol. The normalized spacial score (nSPS) is 17.3. The fraction of sp³-hybridized carbons (Fsp3) is 0.238. The van der Waals surface area contributed by atoms with E-state index in [9.17, 15) is 9.18 Å². The summed E-state index contributed by atoms with van der Waals surface area (Å²) in [5.74, 6) is 0.447. The van der Waals surface area contributed by atoms with E-state index in [4.69, 9.17) is 0 Å². The van der Waals surface area contributed by atoms with Gasteiger partial charge in [0.15, 0.2) is 0 Å². The number of benzene rings is 2. The van der Waals surface area contributed by atoms with Gasteiger partial charge in [-0.3, -0.25) is 4.79 Å². The molecule has 0 saturated carbocycles. The Bertz CT molecular complexity index is 929. The molecule has 0 unspecified atom stereocenters. The minimum absolute atomic E-state index is 0.0349. The van der Waals surface area contributed by atoms with Crippen LogP contribution in [0.4, 0.5) is 15.9 Å². The highest BCUT2D eigenvalue weighted by Crippen LogP contribution is 2.25. The van der Waals surface area contributed by atoms with Gasteiger partial charge < -0.3 is 10.2 Å². The number of nitrogens with one attached hydrogen (secondary N) is 1. The molecule has 0 aliphatic carbocycles. The van der Waals surface area contributed by atoms with Crippen LogP contribution in [0.3, 0.4) is 0 Å². The summed E-state index contributed by atoms with van der Waals surface area (Å²) in [4.78, 5) is 19.3. The van der Waals surface area contributed by atoms with Crippen molar-refractivity contribution in [1.82, 2.24) is 4.98 Å². The second-order valence-corrected chi connectivity index (χ2v) is 6.65. The third-order valence-corrected chi connectivity index (χ3v) is 4.80. The van der Waals surface area contributed by atoms with E-state index in [0.29, 0.717) is 12.1 Å². The molecular formula is C21H20FN3O. The minimum Gasteiger partial charge on any atom is -0.356 e. The topological polar surface area (TPSA) is 45.2 Å². The van der Waals surface area contributed by atoms with E-state index in [-0.39, 0.29) is 17.6 Å². The number of fused-ring (bicyclic) bond motifs is 1. The maximum absolute atomic E-state index is 13.5. The van der Waals surface area contributed by atoms with E-state index in [0.717, 1.165) is 36.3 Å². The van der Waals surface area contributed by atoms with Crippen LogP contribution in [-0.4, -0.2) is 24.0 Å². The monoisotopic (exact) mass is 349 g/mol. The molecule has 4 nitrogen and oxygen atoms in total. The molecule has 1 N–H and O–H groups in total. The second kappa shape index (κ2) is 7.12. The lowest BCUT2D eigenvalue weighted by Crippen LogP contribution is -2.41. The molecule has 1 aliphatic rings. The maximum atomic E-state index is 13.5. The van der Waals surface area contributed by atoms with Crippen molar-refractivity contribution in [2.45, 2.75) is 12.8 Å². The lowest BCUT2D eigenvalue weighted by atomic mass is 9.97. The van der Waals surface area contributed by atoms with Gasteiger partial charge in [0.1, 0.15) is 11.6 Å². The first-order chi connectivity index (χ1) is 12.7. The van der Waals surface area contributed by atoms with Crippen molar-refractivity contribution in [3.63, 3.8) is 0 Å². The van der Waals surface area contributed by atoms with Gasteiger partial charge in [-0.05, 0) is 49.2 Å². The first kappa shape index (κ1) is 16.5. The Morgan fingerprint density at radius 2 is 1.92 bits per heavy atom. The van der Waals surface area contributed by atoms with Crippen LogP contribution in [0, 0.1) is 11.7 Å². The van der Waals surface area contributed by atoms with Crippen LogP contribution < -0.4 is 10.2 Å². The molecule has 0 bridgehead atoms. The number of nitrogens with zero attached hydrogens (tertiary/aromatic N) is 2. The van der Waals surface area contributed by atoms with Gasteiger partial charge in [-0.15, -0.1) is 0 Å². The smallest absolute Gasteiger partial charge is 0.229 e. The van der Waals surface area contributed by atoms with Gasteiger partial charge in [-0.25, -0.2) is 9.37 Å². The van der Waals surface area contributed by atoms with E-state index in [1.54, 1.807) is 6.07 Å². The number of piperidine rings is 1. The number of carbonyl (C=O) groups excluding carboxylic acids is 1. The first-order valence-electron chi connectivity index (χ1n) is 8.86. The van der Waals surface area contributed by atoms with Gasteiger partial charge in [0.25, 0.3) is 0 Å².